The molecule has 7 heteroatoms. The van der Waals surface area contributed by atoms with Crippen LogP contribution < -0.4 is 15.8 Å². The van der Waals surface area contributed by atoms with Gasteiger partial charge in [0.2, 0.25) is 5.91 Å². The van der Waals surface area contributed by atoms with Gasteiger partial charge in [-0.1, -0.05) is 6.07 Å². The Hall–Kier alpha value is -1.76. The van der Waals surface area contributed by atoms with E-state index in [0.717, 1.165) is 6.26 Å². The summed E-state index contributed by atoms with van der Waals surface area (Å²) < 4.78 is 27.0. The van der Waals surface area contributed by atoms with E-state index in [9.17, 15) is 13.2 Å². The Kier molecular flexibility index (Phi) is 4.96. The van der Waals surface area contributed by atoms with Crippen LogP contribution in [-0.2, 0) is 14.6 Å². The number of nitrogen functional groups attached to an aromatic ring is 1. The number of nitrogens with two attached hydrogens (primary N) is 1. The number of hydrogen-bond donors (Lipinski definition) is 2. The van der Waals surface area contributed by atoms with Gasteiger partial charge in [-0.05, 0) is 12.1 Å². The molecule has 1 aromatic carbocycles. The van der Waals surface area contributed by atoms with Gasteiger partial charge >= 0.3 is 0 Å². The number of carbonyl (C=O) groups excluding carboxylic acids is 1. The van der Waals surface area contributed by atoms with Crippen LogP contribution in [0.5, 0.6) is 5.75 Å². The second-order valence-corrected chi connectivity index (χ2v) is 5.98. The molecular formula is C11H16N2O4S. The predicted molar refractivity (Wildman–Crippen MR) is 69.1 cm³/mol. The van der Waals surface area contributed by atoms with Crippen molar-refractivity contribution in [1.29, 1.82) is 0 Å². The summed E-state index contributed by atoms with van der Waals surface area (Å²) in [6.07, 6.45) is 1.01. The first-order chi connectivity index (χ1) is 8.37. The quantitative estimate of drug-likeness (QED) is 0.552. The van der Waals surface area contributed by atoms with Crippen molar-refractivity contribution < 1.29 is 17.9 Å². The van der Waals surface area contributed by atoms with Gasteiger partial charge in [-0.2, -0.15) is 0 Å². The largest absolute Gasteiger partial charge is 0.492 e. The Morgan fingerprint density at radius 3 is 2.78 bits per heavy atom. The molecule has 0 saturated heterocycles. The van der Waals surface area contributed by atoms with Crippen molar-refractivity contribution in [1.82, 2.24) is 5.32 Å². The van der Waals surface area contributed by atoms with Gasteiger partial charge in [-0.15, -0.1) is 0 Å². The second kappa shape index (κ2) is 6.25. The van der Waals surface area contributed by atoms with Crippen LogP contribution in [0.1, 0.15) is 0 Å². The van der Waals surface area contributed by atoms with Crippen LogP contribution in [0.4, 0.5) is 5.69 Å². The number of ether oxygens (including phenoxy) is 1. The van der Waals surface area contributed by atoms with Crippen LogP contribution in [-0.4, -0.2) is 39.5 Å². The molecule has 0 aliphatic heterocycles. The molecule has 0 radical (unpaired) electrons. The van der Waals surface area contributed by atoms with Crippen molar-refractivity contribution in [2.75, 3.05) is 30.9 Å². The summed E-state index contributed by atoms with van der Waals surface area (Å²) in [5.41, 5.74) is 6.16. The molecular weight excluding hydrogens is 256 g/mol. The molecule has 0 aromatic heterocycles. The fourth-order valence-electron chi connectivity index (χ4n) is 1.25. The maximum atomic E-state index is 11.2. The lowest BCUT2D eigenvalue weighted by Gasteiger charge is -2.07. The van der Waals surface area contributed by atoms with Gasteiger partial charge in [0, 0.05) is 18.0 Å². The van der Waals surface area contributed by atoms with E-state index in [-0.39, 0.29) is 13.2 Å². The first-order valence-electron chi connectivity index (χ1n) is 5.29. The van der Waals surface area contributed by atoms with Crippen molar-refractivity contribution in [2.45, 2.75) is 0 Å². The van der Waals surface area contributed by atoms with Gasteiger partial charge in [0.15, 0.2) is 9.84 Å². The van der Waals surface area contributed by atoms with Crippen LogP contribution >= 0.6 is 0 Å². The van der Waals surface area contributed by atoms with Crippen LogP contribution in [0.15, 0.2) is 24.3 Å². The summed E-state index contributed by atoms with van der Waals surface area (Å²) in [5.74, 6) is -0.438. The maximum absolute atomic E-state index is 11.2. The monoisotopic (exact) mass is 272 g/mol. The Bertz CT molecular complexity index is 514. The molecule has 0 unspecified atom stereocenters. The van der Waals surface area contributed by atoms with Gasteiger partial charge < -0.3 is 15.8 Å². The minimum atomic E-state index is -3.29. The molecule has 18 heavy (non-hydrogen) atoms. The molecule has 0 aliphatic rings. The van der Waals surface area contributed by atoms with Crippen molar-refractivity contribution in [3.63, 3.8) is 0 Å². The zero-order valence-corrected chi connectivity index (χ0v) is 10.9. The molecule has 0 atom stereocenters. The maximum Gasteiger partial charge on any atom is 0.235 e. The zero-order chi connectivity index (χ0) is 13.6. The number of anilines is 1. The fourth-order valence-corrected chi connectivity index (χ4v) is 1.83. The van der Waals surface area contributed by atoms with Gasteiger partial charge in [0.1, 0.15) is 18.1 Å². The third-order valence-corrected chi connectivity index (χ3v) is 2.73. The van der Waals surface area contributed by atoms with E-state index >= 15 is 0 Å². The van der Waals surface area contributed by atoms with Crippen molar-refractivity contribution in [2.24, 2.45) is 0 Å². The molecule has 1 amide bonds. The van der Waals surface area contributed by atoms with E-state index in [0.29, 0.717) is 11.4 Å². The van der Waals surface area contributed by atoms with E-state index in [1.165, 1.54) is 0 Å². The van der Waals surface area contributed by atoms with E-state index < -0.39 is 21.5 Å². The molecule has 100 valence electrons. The Morgan fingerprint density at radius 1 is 1.44 bits per heavy atom. The topological polar surface area (TPSA) is 98.5 Å². The number of nitrogens with one attached hydrogen (secondary N) is 1. The molecule has 0 fully saturated rings. The third-order valence-electron chi connectivity index (χ3n) is 1.94. The predicted octanol–water partition coefficient (Wildman–Crippen LogP) is -0.192. The first-order valence-corrected chi connectivity index (χ1v) is 7.35. The Morgan fingerprint density at radius 2 is 2.17 bits per heavy atom. The highest BCUT2D eigenvalue weighted by Gasteiger charge is 2.09. The second-order valence-electron chi connectivity index (χ2n) is 3.84. The lowest BCUT2D eigenvalue weighted by molar-refractivity contribution is -0.118. The van der Waals surface area contributed by atoms with E-state index in [1.807, 2.05) is 0 Å². The molecule has 0 heterocycles. The van der Waals surface area contributed by atoms with Gasteiger partial charge in [0.25, 0.3) is 0 Å². The Balaban J connectivity index is 2.25. The van der Waals surface area contributed by atoms with Crippen LogP contribution in [0.2, 0.25) is 0 Å². The SMILES string of the molecule is CS(=O)(=O)CC(=O)NCCOc1cccc(N)c1. The molecule has 0 aliphatic carbocycles. The third kappa shape index (κ3) is 6.09. The molecule has 6 nitrogen and oxygen atoms in total. The van der Waals surface area contributed by atoms with Crippen molar-refractivity contribution >= 4 is 21.4 Å². The number of carbonyl (C=O) groups is 1. The van der Waals surface area contributed by atoms with Gasteiger partial charge in [-0.3, -0.25) is 4.79 Å². The number of sulfone groups is 1. The van der Waals surface area contributed by atoms with Crippen LogP contribution in [0, 0.1) is 0 Å². The van der Waals surface area contributed by atoms with Crippen molar-refractivity contribution in [3.05, 3.63) is 24.3 Å². The standard InChI is InChI=1S/C11H16N2O4S/c1-18(15,16)8-11(14)13-5-6-17-10-4-2-3-9(12)7-10/h2-4,7H,5-6,8,12H2,1H3,(H,13,14). The van der Waals surface area contributed by atoms with E-state index in [1.54, 1.807) is 24.3 Å². The van der Waals surface area contributed by atoms with Gasteiger partial charge in [0.05, 0.1) is 6.54 Å². The normalized spacial score (nSPS) is 10.9. The summed E-state index contributed by atoms with van der Waals surface area (Å²) in [6.45, 7) is 0.488. The summed E-state index contributed by atoms with van der Waals surface area (Å²) in [7, 11) is -3.29. The Labute approximate surface area is 106 Å². The average molecular weight is 272 g/mol. The number of hydrogen-bond acceptors (Lipinski definition) is 5. The molecule has 1 rings (SSSR count). The van der Waals surface area contributed by atoms with Gasteiger partial charge in [-0.25, -0.2) is 8.42 Å². The highest BCUT2D eigenvalue weighted by Crippen LogP contribution is 2.13. The minimum absolute atomic E-state index is 0.239. The minimum Gasteiger partial charge on any atom is -0.492 e. The van der Waals surface area contributed by atoms with Crippen LogP contribution in [0.25, 0.3) is 0 Å². The smallest absolute Gasteiger partial charge is 0.235 e. The highest BCUT2D eigenvalue weighted by atomic mass is 32.2. The highest BCUT2D eigenvalue weighted by molar-refractivity contribution is 7.91. The van der Waals surface area contributed by atoms with E-state index in [4.69, 9.17) is 10.5 Å². The zero-order valence-electron chi connectivity index (χ0n) is 10.0. The summed E-state index contributed by atoms with van der Waals surface area (Å²) >= 11 is 0. The summed E-state index contributed by atoms with van der Waals surface area (Å²) in [4.78, 5) is 11.2. The molecule has 0 spiro atoms. The fraction of sp³-hybridized carbons (Fsp3) is 0.364. The number of benzene rings is 1. The molecule has 1 aromatic rings. The number of rotatable bonds is 6. The molecule has 0 saturated carbocycles. The average Bonchev–Trinajstić information content (AvgIpc) is 2.22. The molecule has 3 N–H and O–H groups in total. The van der Waals surface area contributed by atoms with Crippen LogP contribution in [0.3, 0.4) is 0 Å². The number of amides is 1. The lowest BCUT2D eigenvalue weighted by atomic mass is 10.3. The molecule has 0 bridgehead atoms. The summed E-state index contributed by atoms with van der Waals surface area (Å²) in [5, 5.41) is 2.45. The van der Waals surface area contributed by atoms with Crippen molar-refractivity contribution in [3.8, 4) is 5.75 Å². The lowest BCUT2D eigenvalue weighted by Crippen LogP contribution is -2.32. The summed E-state index contributed by atoms with van der Waals surface area (Å²) in [6, 6.07) is 6.90. The van der Waals surface area contributed by atoms with E-state index in [2.05, 4.69) is 5.32 Å². The first kappa shape index (κ1) is 14.3.